The smallest absolute Gasteiger partial charge is 0.355 e. The van der Waals surface area contributed by atoms with Gasteiger partial charge in [-0.25, -0.2) is 27.9 Å². The van der Waals surface area contributed by atoms with Gasteiger partial charge in [0.15, 0.2) is 11.6 Å². The van der Waals surface area contributed by atoms with Crippen LogP contribution < -0.4 is 9.74 Å². The van der Waals surface area contributed by atoms with E-state index >= 15 is 4.39 Å². The standard InChI is InChI=1S/C34H38F3N3O4Si/c1-33(2,3)43-32(41)27(18-21-12-11-17-42-21)40-31-26(19-23-24(35)14-10-15-25(23)36)39-28(20-38-31)22-13-9-16-29(30(22)37)44-45(7,8)34(4,5)6/h9-18,20H,19H2,1-8H3,(H,38,40)/b27-18-. The van der Waals surface area contributed by atoms with Crippen LogP contribution in [0, 0.1) is 17.5 Å². The van der Waals surface area contributed by atoms with Crippen LogP contribution in [0.3, 0.4) is 0 Å². The fourth-order valence-electron chi connectivity index (χ4n) is 3.99. The Balaban J connectivity index is 1.82. The van der Waals surface area contributed by atoms with E-state index in [0.717, 1.165) is 12.1 Å². The molecule has 0 bridgehead atoms. The number of aromatic nitrogens is 2. The molecule has 0 unspecified atom stereocenters. The number of benzene rings is 2. The number of nitrogens with zero attached hydrogens (tertiary/aromatic N) is 2. The predicted octanol–water partition coefficient (Wildman–Crippen LogP) is 8.92. The van der Waals surface area contributed by atoms with Crippen LogP contribution in [0.5, 0.6) is 5.75 Å². The van der Waals surface area contributed by atoms with E-state index in [-0.39, 0.29) is 51.2 Å². The van der Waals surface area contributed by atoms with E-state index in [1.807, 2.05) is 13.1 Å². The van der Waals surface area contributed by atoms with Crippen LogP contribution >= 0.6 is 0 Å². The first-order valence-corrected chi connectivity index (χ1v) is 17.4. The third-order valence-electron chi connectivity index (χ3n) is 7.36. The van der Waals surface area contributed by atoms with Crippen LogP contribution in [0.15, 0.2) is 71.1 Å². The number of nitrogens with one attached hydrogen (secondary N) is 1. The van der Waals surface area contributed by atoms with Gasteiger partial charge in [0.25, 0.3) is 8.32 Å². The first kappa shape index (κ1) is 33.5. The molecule has 45 heavy (non-hydrogen) atoms. The van der Waals surface area contributed by atoms with Gasteiger partial charge in [0, 0.05) is 23.6 Å². The predicted molar refractivity (Wildman–Crippen MR) is 171 cm³/mol. The Morgan fingerprint density at radius 2 is 1.64 bits per heavy atom. The number of furan rings is 1. The van der Waals surface area contributed by atoms with Crippen LogP contribution in [-0.2, 0) is 16.0 Å². The number of carbonyl (C=O) groups excluding carboxylic acids is 1. The molecule has 0 aliphatic heterocycles. The summed E-state index contributed by atoms with van der Waals surface area (Å²) in [6.07, 6.45) is 3.82. The molecule has 0 aliphatic carbocycles. The summed E-state index contributed by atoms with van der Waals surface area (Å²) in [7, 11) is -2.39. The number of hydrogen-bond donors (Lipinski definition) is 1. The van der Waals surface area contributed by atoms with Gasteiger partial charge in [-0.3, -0.25) is 0 Å². The van der Waals surface area contributed by atoms with Crippen molar-refractivity contribution >= 4 is 26.2 Å². The summed E-state index contributed by atoms with van der Waals surface area (Å²) in [6, 6.07) is 11.5. The molecule has 0 radical (unpaired) electrons. The minimum atomic E-state index is -2.39. The lowest BCUT2D eigenvalue weighted by molar-refractivity contribution is -0.149. The van der Waals surface area contributed by atoms with E-state index in [4.69, 9.17) is 13.6 Å². The molecule has 2 heterocycles. The molecule has 0 amide bonds. The average Bonchev–Trinajstić information content (AvgIpc) is 3.44. The van der Waals surface area contributed by atoms with Crippen molar-refractivity contribution in [1.82, 2.24) is 9.97 Å². The maximum absolute atomic E-state index is 16.0. The molecule has 0 aliphatic rings. The van der Waals surface area contributed by atoms with Crippen LogP contribution in [0.4, 0.5) is 19.0 Å². The van der Waals surface area contributed by atoms with Crippen LogP contribution in [-0.4, -0.2) is 29.9 Å². The Hall–Kier alpha value is -4.38. The SMILES string of the molecule is CC(C)(C)OC(=O)/C(=C/c1ccco1)Nc1ncc(-c2cccc(O[Si](C)(C)C(C)(C)C)c2F)nc1Cc1c(F)cccc1F. The lowest BCUT2D eigenvalue weighted by Gasteiger charge is -2.36. The third-order valence-corrected chi connectivity index (χ3v) is 11.7. The molecule has 2 aromatic heterocycles. The normalized spacial score (nSPS) is 12.6. The highest BCUT2D eigenvalue weighted by Gasteiger charge is 2.39. The number of halogens is 3. The molecular weight excluding hydrogens is 599 g/mol. The molecule has 2 aromatic carbocycles. The van der Waals surface area contributed by atoms with Crippen molar-refractivity contribution in [1.29, 1.82) is 0 Å². The van der Waals surface area contributed by atoms with Crippen molar-refractivity contribution in [3.05, 3.63) is 101 Å². The van der Waals surface area contributed by atoms with Crippen molar-refractivity contribution < 1.29 is 31.5 Å². The highest BCUT2D eigenvalue weighted by molar-refractivity contribution is 6.74. The number of hydrogen-bond acceptors (Lipinski definition) is 7. The molecular formula is C34H38F3N3O4Si. The van der Waals surface area contributed by atoms with Gasteiger partial charge in [-0.15, -0.1) is 0 Å². The zero-order valence-corrected chi connectivity index (χ0v) is 27.7. The zero-order chi connectivity index (χ0) is 33.2. The van der Waals surface area contributed by atoms with Gasteiger partial charge in [-0.05, 0) is 75.3 Å². The Morgan fingerprint density at radius 3 is 2.24 bits per heavy atom. The largest absolute Gasteiger partial charge is 0.542 e. The van der Waals surface area contributed by atoms with Crippen molar-refractivity contribution in [2.24, 2.45) is 0 Å². The summed E-state index contributed by atoms with van der Waals surface area (Å²) < 4.78 is 62.8. The van der Waals surface area contributed by atoms with Crippen molar-refractivity contribution in [3.63, 3.8) is 0 Å². The highest BCUT2D eigenvalue weighted by Crippen LogP contribution is 2.39. The number of anilines is 1. The number of carbonyl (C=O) groups is 1. The summed E-state index contributed by atoms with van der Waals surface area (Å²) >= 11 is 0. The monoisotopic (exact) mass is 637 g/mol. The van der Waals surface area contributed by atoms with Crippen molar-refractivity contribution in [3.8, 4) is 17.0 Å². The van der Waals surface area contributed by atoms with E-state index in [1.54, 1.807) is 45.0 Å². The summed E-state index contributed by atoms with van der Waals surface area (Å²) in [5.74, 6) is -2.50. The topological polar surface area (TPSA) is 86.5 Å². The molecule has 7 nitrogen and oxygen atoms in total. The molecule has 11 heteroatoms. The second kappa shape index (κ2) is 12.9. The minimum absolute atomic E-state index is 0.0131. The molecule has 0 saturated heterocycles. The van der Waals surface area contributed by atoms with E-state index in [1.165, 1.54) is 30.7 Å². The molecule has 0 saturated carbocycles. The van der Waals surface area contributed by atoms with E-state index < -0.39 is 37.3 Å². The van der Waals surface area contributed by atoms with Gasteiger partial charge < -0.3 is 18.9 Å². The second-order valence-electron chi connectivity index (χ2n) is 13.1. The average molecular weight is 638 g/mol. The first-order valence-electron chi connectivity index (χ1n) is 14.5. The summed E-state index contributed by atoms with van der Waals surface area (Å²) in [4.78, 5) is 22.3. The maximum atomic E-state index is 16.0. The van der Waals surface area contributed by atoms with Crippen molar-refractivity contribution in [2.45, 2.75) is 71.7 Å². The van der Waals surface area contributed by atoms with Gasteiger partial charge in [-0.1, -0.05) is 32.9 Å². The summed E-state index contributed by atoms with van der Waals surface area (Å²) in [5, 5.41) is 2.74. The van der Waals surface area contributed by atoms with E-state index in [2.05, 4.69) is 36.1 Å². The van der Waals surface area contributed by atoms with Crippen LogP contribution in [0.1, 0.15) is 58.6 Å². The van der Waals surface area contributed by atoms with Gasteiger partial charge >= 0.3 is 5.97 Å². The molecule has 0 spiro atoms. The zero-order valence-electron chi connectivity index (χ0n) is 26.7. The number of ether oxygens (including phenoxy) is 1. The second-order valence-corrected chi connectivity index (χ2v) is 17.8. The van der Waals surface area contributed by atoms with E-state index in [0.29, 0.717) is 5.76 Å². The summed E-state index contributed by atoms with van der Waals surface area (Å²) in [5.41, 5.74) is -0.895. The number of rotatable bonds is 9. The van der Waals surface area contributed by atoms with Gasteiger partial charge in [0.1, 0.15) is 34.4 Å². The van der Waals surface area contributed by atoms with Gasteiger partial charge in [-0.2, -0.15) is 0 Å². The Labute approximate surface area is 262 Å². The van der Waals surface area contributed by atoms with Crippen molar-refractivity contribution in [2.75, 3.05) is 5.32 Å². The van der Waals surface area contributed by atoms with E-state index in [9.17, 15) is 13.6 Å². The van der Waals surface area contributed by atoms with Crippen LogP contribution in [0.2, 0.25) is 18.1 Å². The molecule has 4 rings (SSSR count). The molecule has 1 N–H and O–H groups in total. The lowest BCUT2D eigenvalue weighted by Crippen LogP contribution is -2.44. The fourth-order valence-corrected chi connectivity index (χ4v) is 5.00. The molecule has 4 aromatic rings. The fraction of sp³-hybridized carbons (Fsp3) is 0.324. The van der Waals surface area contributed by atoms with Gasteiger partial charge in [0.05, 0.1) is 23.8 Å². The minimum Gasteiger partial charge on any atom is -0.542 e. The highest BCUT2D eigenvalue weighted by atomic mass is 28.4. The Kier molecular flexibility index (Phi) is 9.62. The quantitative estimate of drug-likeness (QED) is 0.111. The van der Waals surface area contributed by atoms with Gasteiger partial charge in [0.2, 0.25) is 0 Å². The lowest BCUT2D eigenvalue weighted by atomic mass is 10.1. The maximum Gasteiger partial charge on any atom is 0.355 e. The molecule has 0 atom stereocenters. The Bertz CT molecular complexity index is 1690. The van der Waals surface area contributed by atoms with Crippen LogP contribution in [0.25, 0.3) is 17.3 Å². The third kappa shape index (κ3) is 8.21. The molecule has 0 fully saturated rings. The number of esters is 1. The Morgan fingerprint density at radius 1 is 0.978 bits per heavy atom. The first-order chi connectivity index (χ1) is 20.9. The molecule has 238 valence electrons. The summed E-state index contributed by atoms with van der Waals surface area (Å²) in [6.45, 7) is 15.3.